The van der Waals surface area contributed by atoms with Gasteiger partial charge in [-0.05, 0) is 43.5 Å². The third kappa shape index (κ3) is 3.83. The second kappa shape index (κ2) is 6.38. The van der Waals surface area contributed by atoms with Gasteiger partial charge in [-0.1, -0.05) is 18.2 Å². The van der Waals surface area contributed by atoms with Crippen molar-refractivity contribution < 1.29 is 4.79 Å². The van der Waals surface area contributed by atoms with Crippen LogP contribution in [-0.4, -0.2) is 30.1 Å². The summed E-state index contributed by atoms with van der Waals surface area (Å²) >= 11 is 0. The molecule has 4 heteroatoms. The molecule has 0 aromatic heterocycles. The van der Waals surface area contributed by atoms with E-state index in [0.29, 0.717) is 6.04 Å². The lowest BCUT2D eigenvalue weighted by molar-refractivity contribution is 0.259. The lowest BCUT2D eigenvalue weighted by Gasteiger charge is -2.23. The van der Waals surface area contributed by atoms with Crippen LogP contribution in [-0.2, 0) is 6.42 Å². The van der Waals surface area contributed by atoms with E-state index in [2.05, 4.69) is 22.9 Å². The number of benzene rings is 1. The number of hydrogen-bond donors (Lipinski definition) is 2. The van der Waals surface area contributed by atoms with E-state index >= 15 is 0 Å². The number of nitrogens with one attached hydrogen (secondary N) is 1. The third-order valence-electron chi connectivity index (χ3n) is 3.53. The number of anilines is 1. The Morgan fingerprint density at radius 3 is 3.16 bits per heavy atom. The quantitative estimate of drug-likeness (QED) is 0.798. The second-order valence-electron chi connectivity index (χ2n) is 4.97. The summed E-state index contributed by atoms with van der Waals surface area (Å²) in [6.45, 7) is 5.91. The molecule has 1 fully saturated rings. The number of nitrogens with two attached hydrogens (primary N) is 1. The van der Waals surface area contributed by atoms with Gasteiger partial charge >= 0.3 is 6.03 Å². The van der Waals surface area contributed by atoms with Crippen LogP contribution in [0, 0.1) is 0 Å². The fourth-order valence-corrected chi connectivity index (χ4v) is 2.72. The van der Waals surface area contributed by atoms with Crippen LogP contribution in [0.15, 0.2) is 36.9 Å². The van der Waals surface area contributed by atoms with E-state index < -0.39 is 6.03 Å². The summed E-state index contributed by atoms with van der Waals surface area (Å²) in [5, 5.41) is 2.62. The molecule has 1 aromatic rings. The molecule has 0 aliphatic carbocycles. The van der Waals surface area contributed by atoms with E-state index in [1.54, 1.807) is 0 Å². The van der Waals surface area contributed by atoms with Crippen LogP contribution in [0.3, 0.4) is 0 Å². The average Bonchev–Trinajstić information content (AvgIpc) is 2.77. The number of primary amides is 1. The molecule has 0 bridgehead atoms. The summed E-state index contributed by atoms with van der Waals surface area (Å²) in [4.78, 5) is 13.3. The SMILES string of the molecule is C=CCN1CCCC1Cc1cccc(NC(N)=O)c1. The molecule has 1 aliphatic heterocycles. The van der Waals surface area contributed by atoms with Crippen LogP contribution in [0.4, 0.5) is 10.5 Å². The van der Waals surface area contributed by atoms with Gasteiger partial charge in [0, 0.05) is 18.3 Å². The van der Waals surface area contributed by atoms with Crippen molar-refractivity contribution in [2.45, 2.75) is 25.3 Å². The summed E-state index contributed by atoms with van der Waals surface area (Å²) in [5.41, 5.74) is 7.12. The molecule has 1 heterocycles. The van der Waals surface area contributed by atoms with Gasteiger partial charge in [0.25, 0.3) is 0 Å². The predicted octanol–water partition coefficient (Wildman–Crippen LogP) is 2.37. The first-order valence-corrected chi connectivity index (χ1v) is 6.69. The molecule has 1 atom stereocenters. The first kappa shape index (κ1) is 13.6. The van der Waals surface area contributed by atoms with E-state index in [-0.39, 0.29) is 0 Å². The fraction of sp³-hybridized carbons (Fsp3) is 0.400. The topological polar surface area (TPSA) is 58.4 Å². The Balaban J connectivity index is 2.02. The number of likely N-dealkylation sites (tertiary alicyclic amines) is 1. The Morgan fingerprint density at radius 1 is 1.58 bits per heavy atom. The molecule has 2 rings (SSSR count). The fourth-order valence-electron chi connectivity index (χ4n) is 2.72. The molecule has 3 N–H and O–H groups in total. The lowest BCUT2D eigenvalue weighted by Crippen LogP contribution is -2.31. The zero-order valence-corrected chi connectivity index (χ0v) is 11.1. The molecule has 0 spiro atoms. The first-order valence-electron chi connectivity index (χ1n) is 6.69. The van der Waals surface area contributed by atoms with E-state index in [9.17, 15) is 4.79 Å². The van der Waals surface area contributed by atoms with Crippen LogP contribution >= 0.6 is 0 Å². The Labute approximate surface area is 114 Å². The lowest BCUT2D eigenvalue weighted by atomic mass is 10.0. The highest BCUT2D eigenvalue weighted by Crippen LogP contribution is 2.22. The minimum atomic E-state index is -0.522. The van der Waals surface area contributed by atoms with Crippen molar-refractivity contribution in [1.29, 1.82) is 0 Å². The zero-order chi connectivity index (χ0) is 13.7. The van der Waals surface area contributed by atoms with Gasteiger partial charge in [-0.2, -0.15) is 0 Å². The number of nitrogens with zero attached hydrogens (tertiary/aromatic N) is 1. The molecular weight excluding hydrogens is 238 g/mol. The van der Waals surface area contributed by atoms with Crippen molar-refractivity contribution >= 4 is 11.7 Å². The van der Waals surface area contributed by atoms with Crippen LogP contribution in [0.2, 0.25) is 0 Å². The molecule has 0 radical (unpaired) electrons. The highest BCUT2D eigenvalue weighted by molar-refractivity contribution is 5.87. The van der Waals surface area contributed by atoms with Gasteiger partial charge in [-0.25, -0.2) is 4.79 Å². The highest BCUT2D eigenvalue weighted by atomic mass is 16.2. The number of urea groups is 1. The molecule has 1 aliphatic rings. The Kier molecular flexibility index (Phi) is 4.58. The second-order valence-corrected chi connectivity index (χ2v) is 4.97. The summed E-state index contributed by atoms with van der Waals surface area (Å²) in [7, 11) is 0. The van der Waals surface area contributed by atoms with E-state index in [4.69, 9.17) is 5.73 Å². The number of hydrogen-bond acceptors (Lipinski definition) is 2. The van der Waals surface area contributed by atoms with Crippen molar-refractivity contribution in [2.24, 2.45) is 5.73 Å². The van der Waals surface area contributed by atoms with Gasteiger partial charge < -0.3 is 11.1 Å². The van der Waals surface area contributed by atoms with Gasteiger partial charge in [0.05, 0.1) is 0 Å². The Bertz CT molecular complexity index is 458. The average molecular weight is 259 g/mol. The van der Waals surface area contributed by atoms with Crippen LogP contribution in [0.1, 0.15) is 18.4 Å². The van der Waals surface area contributed by atoms with E-state index in [1.165, 1.54) is 18.4 Å². The maximum absolute atomic E-state index is 10.9. The summed E-state index contributed by atoms with van der Waals surface area (Å²) < 4.78 is 0. The minimum absolute atomic E-state index is 0.522. The summed E-state index contributed by atoms with van der Waals surface area (Å²) in [6, 6.07) is 7.94. The molecular formula is C15H21N3O. The Morgan fingerprint density at radius 2 is 2.42 bits per heavy atom. The van der Waals surface area contributed by atoms with Crippen molar-refractivity contribution in [3.05, 3.63) is 42.5 Å². The van der Waals surface area contributed by atoms with Gasteiger partial charge in [-0.3, -0.25) is 4.90 Å². The first-order chi connectivity index (χ1) is 9.19. The van der Waals surface area contributed by atoms with Gasteiger partial charge in [0.2, 0.25) is 0 Å². The standard InChI is InChI=1S/C15H21N3O/c1-2-8-18-9-4-7-14(18)11-12-5-3-6-13(10-12)17-15(16)19/h2-3,5-6,10,14H,1,4,7-9,11H2,(H3,16,17,19). The molecule has 102 valence electrons. The number of carbonyl (C=O) groups is 1. The number of rotatable bonds is 5. The van der Waals surface area contributed by atoms with E-state index in [0.717, 1.165) is 25.2 Å². The van der Waals surface area contributed by atoms with Crippen LogP contribution < -0.4 is 11.1 Å². The molecule has 0 saturated carbocycles. The number of amides is 2. The van der Waals surface area contributed by atoms with Crippen LogP contribution in [0.5, 0.6) is 0 Å². The summed E-state index contributed by atoms with van der Waals surface area (Å²) in [6.07, 6.45) is 5.44. The largest absolute Gasteiger partial charge is 0.351 e. The van der Waals surface area contributed by atoms with Crippen molar-refractivity contribution in [3.63, 3.8) is 0 Å². The molecule has 1 saturated heterocycles. The monoisotopic (exact) mass is 259 g/mol. The Hall–Kier alpha value is -1.81. The molecule has 19 heavy (non-hydrogen) atoms. The maximum atomic E-state index is 10.9. The predicted molar refractivity (Wildman–Crippen MR) is 78.1 cm³/mol. The van der Waals surface area contributed by atoms with Crippen LogP contribution in [0.25, 0.3) is 0 Å². The van der Waals surface area contributed by atoms with E-state index in [1.807, 2.05) is 24.3 Å². The molecule has 2 amide bonds. The molecule has 4 nitrogen and oxygen atoms in total. The smallest absolute Gasteiger partial charge is 0.316 e. The van der Waals surface area contributed by atoms with Crippen molar-refractivity contribution in [1.82, 2.24) is 4.90 Å². The van der Waals surface area contributed by atoms with Gasteiger partial charge in [-0.15, -0.1) is 6.58 Å². The zero-order valence-electron chi connectivity index (χ0n) is 11.1. The molecule has 1 unspecified atom stereocenters. The summed E-state index contributed by atoms with van der Waals surface area (Å²) in [5.74, 6) is 0. The highest BCUT2D eigenvalue weighted by Gasteiger charge is 2.23. The third-order valence-corrected chi connectivity index (χ3v) is 3.53. The van der Waals surface area contributed by atoms with Crippen molar-refractivity contribution in [3.8, 4) is 0 Å². The minimum Gasteiger partial charge on any atom is -0.351 e. The van der Waals surface area contributed by atoms with Crippen molar-refractivity contribution in [2.75, 3.05) is 18.4 Å². The normalized spacial score (nSPS) is 19.3. The molecule has 1 aromatic carbocycles. The maximum Gasteiger partial charge on any atom is 0.316 e. The van der Waals surface area contributed by atoms with Gasteiger partial charge in [0.1, 0.15) is 0 Å². The van der Waals surface area contributed by atoms with Gasteiger partial charge in [0.15, 0.2) is 0 Å². The number of carbonyl (C=O) groups excluding carboxylic acids is 1.